The molecule has 126 valence electrons. The molecule has 0 heterocycles. The Bertz CT molecular complexity index is 731. The standard InChI is InChI=1S/C19H20FNO3/c1-3-15(13-7-5-4-6-8-13)18(22)21-17(19(23)24)14-9-10-16(20)12(2)11-14/h4-11,15,17H,3H2,1-2H3,(H,21,22)(H,23,24). The van der Waals surface area contributed by atoms with Gasteiger partial charge in [-0.25, -0.2) is 9.18 Å². The molecule has 2 aromatic carbocycles. The average molecular weight is 329 g/mol. The minimum absolute atomic E-state index is 0.336. The topological polar surface area (TPSA) is 66.4 Å². The van der Waals surface area contributed by atoms with E-state index in [1.54, 1.807) is 6.92 Å². The molecule has 2 N–H and O–H groups in total. The second-order valence-electron chi connectivity index (χ2n) is 5.66. The summed E-state index contributed by atoms with van der Waals surface area (Å²) in [7, 11) is 0. The van der Waals surface area contributed by atoms with Crippen LogP contribution in [0.25, 0.3) is 0 Å². The molecule has 1 amide bonds. The maximum absolute atomic E-state index is 13.4. The predicted molar refractivity (Wildman–Crippen MR) is 89.1 cm³/mol. The number of hydrogen-bond acceptors (Lipinski definition) is 2. The summed E-state index contributed by atoms with van der Waals surface area (Å²) in [5.74, 6) is -2.39. The number of carbonyl (C=O) groups excluding carboxylic acids is 1. The van der Waals surface area contributed by atoms with E-state index in [2.05, 4.69) is 5.32 Å². The Morgan fingerprint density at radius 1 is 1.12 bits per heavy atom. The average Bonchev–Trinajstić information content (AvgIpc) is 2.57. The highest BCUT2D eigenvalue weighted by Crippen LogP contribution is 2.22. The van der Waals surface area contributed by atoms with E-state index in [9.17, 15) is 19.1 Å². The van der Waals surface area contributed by atoms with Crippen molar-refractivity contribution in [3.8, 4) is 0 Å². The van der Waals surface area contributed by atoms with Crippen LogP contribution in [0.15, 0.2) is 48.5 Å². The Kier molecular flexibility index (Phi) is 5.68. The molecule has 5 heteroatoms. The Morgan fingerprint density at radius 2 is 1.79 bits per heavy atom. The number of carbonyl (C=O) groups is 2. The van der Waals surface area contributed by atoms with Crippen molar-refractivity contribution >= 4 is 11.9 Å². The molecule has 0 aliphatic heterocycles. The zero-order valence-corrected chi connectivity index (χ0v) is 13.6. The van der Waals surface area contributed by atoms with Crippen molar-refractivity contribution in [2.24, 2.45) is 0 Å². The third-order valence-electron chi connectivity index (χ3n) is 3.98. The van der Waals surface area contributed by atoms with Crippen molar-refractivity contribution in [2.75, 3.05) is 0 Å². The van der Waals surface area contributed by atoms with E-state index in [0.717, 1.165) is 5.56 Å². The van der Waals surface area contributed by atoms with Crippen molar-refractivity contribution in [3.05, 3.63) is 71.0 Å². The van der Waals surface area contributed by atoms with Crippen molar-refractivity contribution in [3.63, 3.8) is 0 Å². The Labute approximate surface area is 140 Å². The highest BCUT2D eigenvalue weighted by molar-refractivity contribution is 5.88. The van der Waals surface area contributed by atoms with Crippen LogP contribution in [0.3, 0.4) is 0 Å². The van der Waals surface area contributed by atoms with Crippen LogP contribution in [0.2, 0.25) is 0 Å². The fourth-order valence-corrected chi connectivity index (χ4v) is 2.64. The van der Waals surface area contributed by atoms with Gasteiger partial charge >= 0.3 is 5.97 Å². The first-order valence-electron chi connectivity index (χ1n) is 7.78. The monoisotopic (exact) mass is 329 g/mol. The smallest absolute Gasteiger partial charge is 0.330 e. The number of amides is 1. The third-order valence-corrected chi connectivity index (χ3v) is 3.98. The fourth-order valence-electron chi connectivity index (χ4n) is 2.64. The molecule has 0 aliphatic carbocycles. The lowest BCUT2D eigenvalue weighted by molar-refractivity contribution is -0.142. The van der Waals surface area contributed by atoms with Crippen LogP contribution >= 0.6 is 0 Å². The zero-order valence-electron chi connectivity index (χ0n) is 13.6. The van der Waals surface area contributed by atoms with Crippen molar-refractivity contribution in [1.82, 2.24) is 5.32 Å². The molecule has 2 unspecified atom stereocenters. The van der Waals surface area contributed by atoms with Crippen molar-refractivity contribution in [2.45, 2.75) is 32.2 Å². The first-order valence-corrected chi connectivity index (χ1v) is 7.78. The second-order valence-corrected chi connectivity index (χ2v) is 5.66. The maximum Gasteiger partial charge on any atom is 0.330 e. The van der Waals surface area contributed by atoms with Gasteiger partial charge in [0, 0.05) is 0 Å². The molecule has 24 heavy (non-hydrogen) atoms. The van der Waals surface area contributed by atoms with E-state index in [0.29, 0.717) is 17.5 Å². The fraction of sp³-hybridized carbons (Fsp3) is 0.263. The minimum Gasteiger partial charge on any atom is -0.479 e. The Hall–Kier alpha value is -2.69. The number of rotatable bonds is 6. The number of halogens is 1. The lowest BCUT2D eigenvalue weighted by Crippen LogP contribution is -2.37. The van der Waals surface area contributed by atoms with Crippen LogP contribution in [0.5, 0.6) is 0 Å². The summed E-state index contributed by atoms with van der Waals surface area (Å²) in [6.45, 7) is 3.42. The maximum atomic E-state index is 13.4. The summed E-state index contributed by atoms with van der Waals surface area (Å²) in [5.41, 5.74) is 1.51. The van der Waals surface area contributed by atoms with Gasteiger partial charge in [0.2, 0.25) is 5.91 Å². The molecular weight excluding hydrogens is 309 g/mol. The molecule has 0 aromatic heterocycles. The van der Waals surface area contributed by atoms with E-state index in [1.165, 1.54) is 18.2 Å². The lowest BCUT2D eigenvalue weighted by Gasteiger charge is -2.20. The Balaban J connectivity index is 2.25. The summed E-state index contributed by atoms with van der Waals surface area (Å²) in [5, 5.41) is 12.0. The van der Waals surface area contributed by atoms with Gasteiger partial charge < -0.3 is 10.4 Å². The van der Waals surface area contributed by atoms with Crippen molar-refractivity contribution in [1.29, 1.82) is 0 Å². The van der Waals surface area contributed by atoms with Crippen LogP contribution in [0.4, 0.5) is 4.39 Å². The number of aryl methyl sites for hydroxylation is 1. The summed E-state index contributed by atoms with van der Waals surface area (Å²) >= 11 is 0. The normalized spacial score (nSPS) is 13.1. The number of hydrogen-bond donors (Lipinski definition) is 2. The van der Waals surface area contributed by atoms with Gasteiger partial charge in [0.15, 0.2) is 6.04 Å². The molecule has 2 aromatic rings. The number of benzene rings is 2. The van der Waals surface area contributed by atoms with Gasteiger partial charge in [-0.1, -0.05) is 49.4 Å². The van der Waals surface area contributed by atoms with E-state index in [-0.39, 0.29) is 5.91 Å². The number of nitrogens with one attached hydrogen (secondary N) is 1. The van der Waals surface area contributed by atoms with Gasteiger partial charge in [-0.3, -0.25) is 4.79 Å². The highest BCUT2D eigenvalue weighted by atomic mass is 19.1. The number of carboxylic acids is 1. The van der Waals surface area contributed by atoms with Gasteiger partial charge in [0.25, 0.3) is 0 Å². The molecule has 0 fully saturated rings. The molecule has 0 saturated carbocycles. The largest absolute Gasteiger partial charge is 0.479 e. The van der Waals surface area contributed by atoms with E-state index < -0.39 is 23.7 Å². The first-order chi connectivity index (χ1) is 11.4. The number of aliphatic carboxylic acids is 1. The zero-order chi connectivity index (χ0) is 17.7. The molecule has 2 atom stereocenters. The highest BCUT2D eigenvalue weighted by Gasteiger charge is 2.27. The molecule has 0 aliphatic rings. The summed E-state index contributed by atoms with van der Waals surface area (Å²) in [4.78, 5) is 24.1. The van der Waals surface area contributed by atoms with E-state index in [1.807, 2.05) is 37.3 Å². The van der Waals surface area contributed by atoms with E-state index in [4.69, 9.17) is 0 Å². The van der Waals surface area contributed by atoms with Gasteiger partial charge in [0.1, 0.15) is 5.82 Å². The predicted octanol–water partition coefficient (Wildman–Crippen LogP) is 3.57. The summed E-state index contributed by atoms with van der Waals surface area (Å²) in [6.07, 6.45) is 0.546. The molecule has 0 bridgehead atoms. The van der Waals surface area contributed by atoms with Gasteiger partial charge in [0.05, 0.1) is 5.92 Å². The SMILES string of the molecule is CCC(C(=O)NC(C(=O)O)c1ccc(F)c(C)c1)c1ccccc1. The van der Waals surface area contributed by atoms with Crippen LogP contribution < -0.4 is 5.32 Å². The van der Waals surface area contributed by atoms with Gasteiger partial charge in [-0.05, 0) is 36.1 Å². The van der Waals surface area contributed by atoms with Crippen LogP contribution in [0, 0.1) is 12.7 Å². The van der Waals surface area contributed by atoms with Crippen LogP contribution in [-0.4, -0.2) is 17.0 Å². The van der Waals surface area contributed by atoms with Crippen molar-refractivity contribution < 1.29 is 19.1 Å². The molecule has 0 spiro atoms. The molecule has 4 nitrogen and oxygen atoms in total. The van der Waals surface area contributed by atoms with Gasteiger partial charge in [-0.2, -0.15) is 0 Å². The van der Waals surface area contributed by atoms with E-state index >= 15 is 0 Å². The molecule has 2 rings (SSSR count). The molecular formula is C19H20FNO3. The third kappa shape index (κ3) is 3.98. The summed E-state index contributed by atoms with van der Waals surface area (Å²) in [6, 6.07) is 12.0. The van der Waals surface area contributed by atoms with Gasteiger partial charge in [-0.15, -0.1) is 0 Å². The second kappa shape index (κ2) is 7.73. The quantitative estimate of drug-likeness (QED) is 0.851. The Morgan fingerprint density at radius 3 is 2.33 bits per heavy atom. The van der Waals surface area contributed by atoms with Crippen LogP contribution in [0.1, 0.15) is 42.0 Å². The lowest BCUT2D eigenvalue weighted by atomic mass is 9.94. The minimum atomic E-state index is -1.21. The molecule has 0 saturated heterocycles. The number of carboxylic acid groups (broad SMARTS) is 1. The summed E-state index contributed by atoms with van der Waals surface area (Å²) < 4.78 is 13.4. The van der Waals surface area contributed by atoms with Crippen LogP contribution in [-0.2, 0) is 9.59 Å². The first kappa shape index (κ1) is 17.7. The molecule has 0 radical (unpaired) electrons.